The first-order valence-electron chi connectivity index (χ1n) is 9.60. The number of imide groups is 1. The van der Waals surface area contributed by atoms with Crippen LogP contribution in [-0.4, -0.2) is 52.6 Å². The van der Waals surface area contributed by atoms with Gasteiger partial charge in [-0.1, -0.05) is 12.1 Å². The number of carbonyl (C=O) groups excluding carboxylic acids is 4. The topological polar surface area (TPSA) is 139 Å². The third-order valence-corrected chi connectivity index (χ3v) is 5.03. The van der Waals surface area contributed by atoms with Gasteiger partial charge in [-0.15, -0.1) is 0 Å². The van der Waals surface area contributed by atoms with E-state index in [0.717, 1.165) is 12.1 Å². The molecule has 0 spiro atoms. The monoisotopic (exact) mass is 442 g/mol. The van der Waals surface area contributed by atoms with Crippen molar-refractivity contribution in [3.63, 3.8) is 0 Å². The molecule has 32 heavy (non-hydrogen) atoms. The van der Waals surface area contributed by atoms with Crippen molar-refractivity contribution in [3.8, 4) is 0 Å². The molecular weight excluding hydrogens is 423 g/mol. The quantitative estimate of drug-likeness (QED) is 0.289. The predicted molar refractivity (Wildman–Crippen MR) is 110 cm³/mol. The highest BCUT2D eigenvalue weighted by atomic mass is 19.1. The fourth-order valence-corrected chi connectivity index (χ4v) is 3.25. The van der Waals surface area contributed by atoms with Crippen molar-refractivity contribution >= 4 is 29.3 Å². The van der Waals surface area contributed by atoms with Crippen LogP contribution in [0, 0.1) is 22.9 Å². The van der Waals surface area contributed by atoms with Crippen molar-refractivity contribution in [1.82, 2.24) is 15.5 Å². The maximum absolute atomic E-state index is 13.6. The van der Waals surface area contributed by atoms with E-state index in [9.17, 15) is 33.7 Å². The van der Waals surface area contributed by atoms with Gasteiger partial charge in [-0.05, 0) is 37.6 Å². The van der Waals surface area contributed by atoms with E-state index in [-0.39, 0.29) is 29.8 Å². The van der Waals surface area contributed by atoms with Crippen LogP contribution in [0.25, 0.3) is 0 Å². The number of fused-ring (bicyclic) bond motifs is 1. The normalized spacial score (nSPS) is 13.5. The van der Waals surface area contributed by atoms with Crippen LogP contribution < -0.4 is 10.6 Å². The average Bonchev–Trinajstić information content (AvgIpc) is 3.02. The standard InChI is InChI=1S/C21H19FN4O6/c1-11-6-7-13(10-15(11)22)19(28)24-9-8-23-18(27)12(2)25-20(29)14-4-3-5-16(26(31)32)17(14)21(25)30/h3-7,10,12H,8-9H2,1-2H3,(H,23,27)(H,24,28). The predicted octanol–water partition coefficient (Wildman–Crippen LogP) is 1.57. The van der Waals surface area contributed by atoms with Crippen LogP contribution in [0.3, 0.4) is 0 Å². The second-order valence-corrected chi connectivity index (χ2v) is 7.12. The van der Waals surface area contributed by atoms with Crippen LogP contribution in [0.4, 0.5) is 10.1 Å². The van der Waals surface area contributed by atoms with Gasteiger partial charge in [0, 0.05) is 24.7 Å². The van der Waals surface area contributed by atoms with Gasteiger partial charge < -0.3 is 10.6 Å². The Kier molecular flexibility index (Phi) is 6.28. The number of nitrogens with one attached hydrogen (secondary N) is 2. The third kappa shape index (κ3) is 4.17. The number of hydrogen-bond donors (Lipinski definition) is 2. The lowest BCUT2D eigenvalue weighted by atomic mass is 10.1. The summed E-state index contributed by atoms with van der Waals surface area (Å²) in [5, 5.41) is 16.2. The molecule has 1 unspecified atom stereocenters. The number of nitro groups is 1. The van der Waals surface area contributed by atoms with Crippen LogP contribution in [0.5, 0.6) is 0 Å². The van der Waals surface area contributed by atoms with Crippen LogP contribution >= 0.6 is 0 Å². The minimum atomic E-state index is -1.23. The number of amides is 4. The summed E-state index contributed by atoms with van der Waals surface area (Å²) in [6.07, 6.45) is 0. The third-order valence-electron chi connectivity index (χ3n) is 5.03. The van der Waals surface area contributed by atoms with E-state index in [4.69, 9.17) is 0 Å². The zero-order chi connectivity index (χ0) is 23.6. The molecule has 2 aromatic carbocycles. The smallest absolute Gasteiger partial charge is 0.282 e. The van der Waals surface area contributed by atoms with Gasteiger partial charge in [0.05, 0.1) is 10.5 Å². The summed E-state index contributed by atoms with van der Waals surface area (Å²) in [4.78, 5) is 60.8. The second kappa shape index (κ2) is 8.92. The number of nitro benzene ring substituents is 1. The van der Waals surface area contributed by atoms with Gasteiger partial charge in [-0.3, -0.25) is 34.2 Å². The van der Waals surface area contributed by atoms with Crippen molar-refractivity contribution < 1.29 is 28.5 Å². The first-order valence-corrected chi connectivity index (χ1v) is 9.60. The number of nitrogens with zero attached hydrogens (tertiary/aromatic N) is 2. The molecule has 0 bridgehead atoms. The Morgan fingerprint density at radius 1 is 1.12 bits per heavy atom. The summed E-state index contributed by atoms with van der Waals surface area (Å²) >= 11 is 0. The molecule has 1 heterocycles. The first kappa shape index (κ1) is 22.5. The van der Waals surface area contributed by atoms with E-state index < -0.39 is 46.1 Å². The van der Waals surface area contributed by atoms with E-state index in [0.29, 0.717) is 10.5 Å². The van der Waals surface area contributed by atoms with E-state index in [2.05, 4.69) is 10.6 Å². The van der Waals surface area contributed by atoms with Crippen LogP contribution in [0.1, 0.15) is 43.6 Å². The molecule has 0 saturated heterocycles. The fourth-order valence-electron chi connectivity index (χ4n) is 3.25. The van der Waals surface area contributed by atoms with Gasteiger partial charge in [0.2, 0.25) is 5.91 Å². The summed E-state index contributed by atoms with van der Waals surface area (Å²) in [6, 6.07) is 6.50. The van der Waals surface area contributed by atoms with E-state index in [1.165, 1.54) is 31.2 Å². The number of carbonyl (C=O) groups is 4. The number of halogens is 1. The highest BCUT2D eigenvalue weighted by Crippen LogP contribution is 2.31. The largest absolute Gasteiger partial charge is 0.353 e. The number of benzene rings is 2. The molecule has 0 saturated carbocycles. The number of hydrogen-bond acceptors (Lipinski definition) is 6. The molecule has 11 heteroatoms. The van der Waals surface area contributed by atoms with Gasteiger partial charge in [0.1, 0.15) is 17.4 Å². The van der Waals surface area contributed by atoms with Crippen LogP contribution in [-0.2, 0) is 4.79 Å². The van der Waals surface area contributed by atoms with E-state index in [1.807, 2.05) is 0 Å². The van der Waals surface area contributed by atoms with Crippen molar-refractivity contribution in [1.29, 1.82) is 0 Å². The first-order chi connectivity index (χ1) is 15.1. The molecule has 1 atom stereocenters. The molecule has 4 amide bonds. The summed E-state index contributed by atoms with van der Waals surface area (Å²) in [5.41, 5.74) is -0.464. The molecule has 2 N–H and O–H groups in total. The summed E-state index contributed by atoms with van der Waals surface area (Å²) in [5.74, 6) is -3.45. The Balaban J connectivity index is 1.58. The van der Waals surface area contributed by atoms with Gasteiger partial charge in [0.25, 0.3) is 23.4 Å². The average molecular weight is 442 g/mol. The maximum atomic E-state index is 13.6. The minimum Gasteiger partial charge on any atom is -0.353 e. The van der Waals surface area contributed by atoms with Crippen LogP contribution in [0.2, 0.25) is 0 Å². The van der Waals surface area contributed by atoms with E-state index >= 15 is 0 Å². The highest BCUT2D eigenvalue weighted by Gasteiger charge is 2.44. The van der Waals surface area contributed by atoms with Gasteiger partial charge in [0.15, 0.2) is 0 Å². The van der Waals surface area contributed by atoms with E-state index in [1.54, 1.807) is 6.92 Å². The molecular formula is C21H19FN4O6. The van der Waals surface area contributed by atoms with Gasteiger partial charge >= 0.3 is 0 Å². The summed E-state index contributed by atoms with van der Waals surface area (Å²) < 4.78 is 13.6. The Morgan fingerprint density at radius 3 is 2.47 bits per heavy atom. The van der Waals surface area contributed by atoms with Crippen molar-refractivity contribution in [2.45, 2.75) is 19.9 Å². The molecule has 1 aliphatic rings. The highest BCUT2D eigenvalue weighted by molar-refractivity contribution is 6.24. The molecule has 0 radical (unpaired) electrons. The molecule has 0 aromatic heterocycles. The zero-order valence-corrected chi connectivity index (χ0v) is 17.2. The number of aryl methyl sites for hydroxylation is 1. The van der Waals surface area contributed by atoms with Crippen molar-refractivity contribution in [2.24, 2.45) is 0 Å². The summed E-state index contributed by atoms with van der Waals surface area (Å²) in [6.45, 7) is 2.88. The Hall–Kier alpha value is -4.15. The number of rotatable bonds is 7. The lowest BCUT2D eigenvalue weighted by Crippen LogP contribution is -2.49. The Morgan fingerprint density at radius 2 is 1.81 bits per heavy atom. The minimum absolute atomic E-state index is 0.0143. The van der Waals surface area contributed by atoms with Gasteiger partial charge in [-0.25, -0.2) is 4.39 Å². The molecule has 0 fully saturated rings. The molecule has 1 aliphatic heterocycles. The Labute approximate surface area is 181 Å². The maximum Gasteiger partial charge on any atom is 0.282 e. The molecule has 10 nitrogen and oxygen atoms in total. The zero-order valence-electron chi connectivity index (χ0n) is 17.2. The summed E-state index contributed by atoms with van der Waals surface area (Å²) in [7, 11) is 0. The Bertz CT molecular complexity index is 1150. The van der Waals surface area contributed by atoms with Gasteiger partial charge in [-0.2, -0.15) is 0 Å². The van der Waals surface area contributed by atoms with Crippen molar-refractivity contribution in [2.75, 3.05) is 13.1 Å². The molecule has 3 rings (SSSR count). The lowest BCUT2D eigenvalue weighted by Gasteiger charge is -2.21. The molecule has 166 valence electrons. The lowest BCUT2D eigenvalue weighted by molar-refractivity contribution is -0.385. The fraction of sp³-hybridized carbons (Fsp3) is 0.238. The van der Waals surface area contributed by atoms with Crippen molar-refractivity contribution in [3.05, 3.63) is 74.6 Å². The molecule has 0 aliphatic carbocycles. The van der Waals surface area contributed by atoms with Crippen LogP contribution in [0.15, 0.2) is 36.4 Å². The molecule has 2 aromatic rings. The SMILES string of the molecule is Cc1ccc(C(=O)NCCNC(=O)C(C)N2C(=O)c3cccc([N+](=O)[O-])c3C2=O)cc1F. The second-order valence-electron chi connectivity index (χ2n) is 7.12.